The van der Waals surface area contributed by atoms with Gasteiger partial charge in [0.05, 0.1) is 0 Å². The summed E-state index contributed by atoms with van der Waals surface area (Å²) in [4.78, 5) is 26.1. The number of anilines is 2. The fourth-order valence-corrected chi connectivity index (χ4v) is 10.2. The van der Waals surface area contributed by atoms with Crippen LogP contribution in [0, 0.1) is 42.4 Å². The third-order valence-electron chi connectivity index (χ3n) is 10.6. The normalized spacial score (nSPS) is 42.1. The molecule has 0 spiro atoms. The first-order valence-corrected chi connectivity index (χ1v) is 14.1. The Kier molecular flexibility index (Phi) is 4.95. The Balaban J connectivity index is 0.994. The van der Waals surface area contributed by atoms with Gasteiger partial charge in [0.25, 0.3) is 0 Å². The molecule has 1 aromatic rings. The number of hydrogen-bond acceptors (Lipinski definition) is 2. The van der Waals surface area contributed by atoms with Crippen LogP contribution in [0.5, 0.6) is 0 Å². The maximum atomic E-state index is 13.1. The van der Waals surface area contributed by atoms with Gasteiger partial charge in [-0.15, -0.1) is 0 Å². The van der Waals surface area contributed by atoms with Crippen molar-refractivity contribution in [2.75, 3.05) is 10.6 Å². The monoisotopic (exact) mass is 476 g/mol. The lowest BCUT2D eigenvalue weighted by molar-refractivity contribution is -0.0130. The third-order valence-corrected chi connectivity index (χ3v) is 10.6. The van der Waals surface area contributed by atoms with Crippen molar-refractivity contribution in [2.45, 2.75) is 95.1 Å². The van der Waals surface area contributed by atoms with Crippen LogP contribution in [0.25, 0.3) is 0 Å². The van der Waals surface area contributed by atoms with Gasteiger partial charge in [0.2, 0.25) is 0 Å². The summed E-state index contributed by atoms with van der Waals surface area (Å²) in [5, 5.41) is 12.9. The lowest BCUT2D eigenvalue weighted by Gasteiger charge is -2.56. The van der Waals surface area contributed by atoms with Gasteiger partial charge in [0, 0.05) is 22.5 Å². The maximum Gasteiger partial charge on any atom is 0.319 e. The number of hydrogen-bond donors (Lipinski definition) is 4. The average molecular weight is 477 g/mol. The summed E-state index contributed by atoms with van der Waals surface area (Å²) in [6.07, 6.45) is 15.0. The standard InChI is InChI=1S/C29H40N4O2/c1-17-2-3-24(30-26(34)32-28-11-18-4-19(12-28)6-20(5-18)13-28)10-25(17)31-27(35)33-29-14-21-7-22(15-29)9-23(8-21)16-29/h2-3,10,18-23H,4-9,11-16H2,1H3,(H2,30,32,34)(H2,31,33,35). The zero-order valence-electron chi connectivity index (χ0n) is 21.0. The van der Waals surface area contributed by atoms with E-state index in [4.69, 9.17) is 0 Å². The molecule has 1 aromatic carbocycles. The van der Waals surface area contributed by atoms with E-state index in [0.717, 1.165) is 91.0 Å². The summed E-state index contributed by atoms with van der Waals surface area (Å²) in [5.74, 6) is 4.77. The summed E-state index contributed by atoms with van der Waals surface area (Å²) in [5.41, 5.74) is 2.46. The van der Waals surface area contributed by atoms with Gasteiger partial charge in [0.15, 0.2) is 0 Å². The van der Waals surface area contributed by atoms with Crippen LogP contribution in [-0.2, 0) is 0 Å². The van der Waals surface area contributed by atoms with E-state index in [-0.39, 0.29) is 23.1 Å². The number of benzene rings is 1. The minimum absolute atomic E-state index is 0.0116. The minimum atomic E-state index is -0.111. The zero-order valence-corrected chi connectivity index (χ0v) is 21.0. The fraction of sp³-hybridized carbons (Fsp3) is 0.724. The largest absolute Gasteiger partial charge is 0.332 e. The van der Waals surface area contributed by atoms with Crippen LogP contribution < -0.4 is 21.3 Å². The number of nitrogens with one attached hydrogen (secondary N) is 4. The molecule has 0 radical (unpaired) electrons. The van der Waals surface area contributed by atoms with Gasteiger partial charge >= 0.3 is 12.1 Å². The highest BCUT2D eigenvalue weighted by atomic mass is 16.2. The van der Waals surface area contributed by atoms with Crippen LogP contribution in [-0.4, -0.2) is 23.1 Å². The van der Waals surface area contributed by atoms with Crippen molar-refractivity contribution in [3.05, 3.63) is 23.8 Å². The highest BCUT2D eigenvalue weighted by molar-refractivity contribution is 5.94. The van der Waals surface area contributed by atoms with Crippen LogP contribution in [0.15, 0.2) is 18.2 Å². The van der Waals surface area contributed by atoms with Gasteiger partial charge in [-0.3, -0.25) is 0 Å². The quantitative estimate of drug-likeness (QED) is 0.419. The predicted octanol–water partition coefficient (Wildman–Crippen LogP) is 6.18. The first-order valence-electron chi connectivity index (χ1n) is 14.1. The average Bonchev–Trinajstić information content (AvgIpc) is 2.73. The van der Waals surface area contributed by atoms with Crippen molar-refractivity contribution in [3.63, 3.8) is 0 Å². The molecular formula is C29H40N4O2. The second-order valence-electron chi connectivity index (χ2n) is 13.6. The molecule has 8 aliphatic carbocycles. The Hall–Kier alpha value is -2.24. The van der Waals surface area contributed by atoms with E-state index in [1.807, 2.05) is 25.1 Å². The molecule has 8 aliphatic rings. The van der Waals surface area contributed by atoms with E-state index in [1.165, 1.54) is 38.5 Å². The molecule has 6 nitrogen and oxygen atoms in total. The molecule has 0 heterocycles. The van der Waals surface area contributed by atoms with Gasteiger partial charge < -0.3 is 21.3 Å². The smallest absolute Gasteiger partial charge is 0.319 e. The summed E-state index contributed by atoms with van der Waals surface area (Å²) in [7, 11) is 0. The number of amides is 4. The number of urea groups is 2. The van der Waals surface area contributed by atoms with E-state index < -0.39 is 0 Å². The molecule has 0 aliphatic heterocycles. The molecule has 35 heavy (non-hydrogen) atoms. The molecule has 0 unspecified atom stereocenters. The summed E-state index contributed by atoms with van der Waals surface area (Å²) < 4.78 is 0. The fourth-order valence-electron chi connectivity index (χ4n) is 10.2. The van der Waals surface area contributed by atoms with Crippen molar-refractivity contribution in [1.29, 1.82) is 0 Å². The summed E-state index contributed by atoms with van der Waals surface area (Å²) in [6, 6.07) is 5.58. The molecule has 9 rings (SSSR count). The van der Waals surface area contributed by atoms with E-state index in [2.05, 4.69) is 21.3 Å². The van der Waals surface area contributed by atoms with E-state index >= 15 is 0 Å². The molecule has 8 saturated carbocycles. The molecule has 4 N–H and O–H groups in total. The van der Waals surface area contributed by atoms with E-state index in [1.54, 1.807) is 0 Å². The molecule has 8 bridgehead atoms. The van der Waals surface area contributed by atoms with Crippen LogP contribution in [0.2, 0.25) is 0 Å². The third kappa shape index (κ3) is 4.11. The molecule has 0 atom stereocenters. The van der Waals surface area contributed by atoms with Gasteiger partial charge in [-0.25, -0.2) is 9.59 Å². The number of aryl methyl sites for hydroxylation is 1. The molecular weight excluding hydrogens is 436 g/mol. The van der Waals surface area contributed by atoms with Crippen LogP contribution in [0.3, 0.4) is 0 Å². The second kappa shape index (κ2) is 7.88. The van der Waals surface area contributed by atoms with E-state index in [9.17, 15) is 9.59 Å². The van der Waals surface area contributed by atoms with Gasteiger partial charge in [-0.1, -0.05) is 6.07 Å². The topological polar surface area (TPSA) is 82.3 Å². The first kappa shape index (κ1) is 22.0. The predicted molar refractivity (Wildman–Crippen MR) is 137 cm³/mol. The summed E-state index contributed by atoms with van der Waals surface area (Å²) in [6.45, 7) is 2.00. The Bertz CT molecular complexity index is 979. The Morgan fingerprint density at radius 3 is 1.49 bits per heavy atom. The minimum Gasteiger partial charge on any atom is -0.332 e. The molecule has 4 amide bonds. The van der Waals surface area contributed by atoms with Crippen LogP contribution in [0.1, 0.15) is 82.6 Å². The lowest BCUT2D eigenvalue weighted by atomic mass is 9.53. The van der Waals surface area contributed by atoms with Crippen LogP contribution in [0.4, 0.5) is 21.0 Å². The van der Waals surface area contributed by atoms with Crippen molar-refractivity contribution in [2.24, 2.45) is 35.5 Å². The number of carbonyl (C=O) groups excluding carboxylic acids is 2. The molecule has 0 aromatic heterocycles. The highest BCUT2D eigenvalue weighted by Crippen LogP contribution is 2.56. The Labute approximate surface area is 208 Å². The van der Waals surface area contributed by atoms with Gasteiger partial charge in [-0.05, 0) is 137 Å². The van der Waals surface area contributed by atoms with Crippen molar-refractivity contribution < 1.29 is 9.59 Å². The Morgan fingerprint density at radius 1 is 0.657 bits per heavy atom. The molecule has 188 valence electrons. The highest BCUT2D eigenvalue weighted by Gasteiger charge is 2.52. The SMILES string of the molecule is Cc1ccc(NC(=O)NC23CC4CC(CC(C4)C2)C3)cc1NC(=O)NC12CC3CC(CC(C3)C1)C2. The Morgan fingerprint density at radius 2 is 1.06 bits per heavy atom. The lowest BCUT2D eigenvalue weighted by Crippen LogP contribution is -2.60. The first-order chi connectivity index (χ1) is 16.8. The van der Waals surface area contributed by atoms with Crippen LogP contribution >= 0.6 is 0 Å². The maximum absolute atomic E-state index is 13.1. The molecule has 0 saturated heterocycles. The van der Waals surface area contributed by atoms with Gasteiger partial charge in [0.1, 0.15) is 0 Å². The molecule has 8 fully saturated rings. The second-order valence-corrected chi connectivity index (χ2v) is 13.6. The van der Waals surface area contributed by atoms with Crippen molar-refractivity contribution in [3.8, 4) is 0 Å². The van der Waals surface area contributed by atoms with Crippen molar-refractivity contribution >= 4 is 23.4 Å². The number of rotatable bonds is 4. The zero-order chi connectivity index (χ0) is 23.8. The molecule has 6 heteroatoms. The summed E-state index contributed by atoms with van der Waals surface area (Å²) >= 11 is 0. The van der Waals surface area contributed by atoms with E-state index in [0.29, 0.717) is 0 Å². The number of carbonyl (C=O) groups is 2. The van der Waals surface area contributed by atoms with Gasteiger partial charge in [-0.2, -0.15) is 0 Å². The van der Waals surface area contributed by atoms with Crippen molar-refractivity contribution in [1.82, 2.24) is 10.6 Å².